The number of unbranched alkanes of at least 4 members (excludes halogenated alkanes) is 5. The first-order valence-corrected chi connectivity index (χ1v) is 6.94. The van der Waals surface area contributed by atoms with Crippen molar-refractivity contribution in [3.63, 3.8) is 0 Å². The number of rotatable bonds is 8. The molecule has 2 heteroatoms. The van der Waals surface area contributed by atoms with Crippen LogP contribution in [0, 0.1) is 11.8 Å². The van der Waals surface area contributed by atoms with Gasteiger partial charge in [0.15, 0.2) is 6.29 Å². The molecule has 1 aliphatic rings. The molecule has 16 heavy (non-hydrogen) atoms. The zero-order chi connectivity index (χ0) is 11.8. The fourth-order valence-corrected chi connectivity index (χ4v) is 2.59. The van der Waals surface area contributed by atoms with Gasteiger partial charge in [0.05, 0.1) is 6.61 Å². The van der Waals surface area contributed by atoms with Gasteiger partial charge in [-0.25, -0.2) is 0 Å². The molecule has 0 aromatic rings. The SMILES string of the molecule is CCCCCCCC[C@@H]1C(OC)OC[C@H]1C. The summed E-state index contributed by atoms with van der Waals surface area (Å²) in [5, 5.41) is 0. The molecule has 1 saturated heterocycles. The van der Waals surface area contributed by atoms with E-state index in [-0.39, 0.29) is 6.29 Å². The van der Waals surface area contributed by atoms with Crippen LogP contribution in [-0.4, -0.2) is 20.0 Å². The molecule has 0 bridgehead atoms. The fraction of sp³-hybridized carbons (Fsp3) is 1.00. The predicted molar refractivity (Wildman–Crippen MR) is 67.4 cm³/mol. The van der Waals surface area contributed by atoms with Crippen LogP contribution in [0.1, 0.15) is 58.8 Å². The van der Waals surface area contributed by atoms with E-state index in [2.05, 4.69) is 13.8 Å². The molecular formula is C14H28O2. The van der Waals surface area contributed by atoms with Gasteiger partial charge >= 0.3 is 0 Å². The number of hydrogen-bond donors (Lipinski definition) is 0. The average molecular weight is 228 g/mol. The zero-order valence-electron chi connectivity index (χ0n) is 11.2. The zero-order valence-corrected chi connectivity index (χ0v) is 11.2. The third-order valence-corrected chi connectivity index (χ3v) is 3.73. The first-order valence-electron chi connectivity index (χ1n) is 6.94. The van der Waals surface area contributed by atoms with E-state index in [1.165, 1.54) is 44.9 Å². The van der Waals surface area contributed by atoms with Crippen molar-refractivity contribution in [3.05, 3.63) is 0 Å². The van der Waals surface area contributed by atoms with Gasteiger partial charge in [0.2, 0.25) is 0 Å². The Balaban J connectivity index is 2.06. The molecule has 0 aliphatic carbocycles. The maximum Gasteiger partial charge on any atom is 0.160 e. The Morgan fingerprint density at radius 2 is 1.81 bits per heavy atom. The van der Waals surface area contributed by atoms with Crippen LogP contribution in [-0.2, 0) is 9.47 Å². The quantitative estimate of drug-likeness (QED) is 0.585. The van der Waals surface area contributed by atoms with Crippen LogP contribution in [0.4, 0.5) is 0 Å². The summed E-state index contributed by atoms with van der Waals surface area (Å²) in [5.74, 6) is 1.29. The van der Waals surface area contributed by atoms with Gasteiger partial charge in [0, 0.05) is 13.0 Å². The molecule has 0 aromatic heterocycles. The van der Waals surface area contributed by atoms with E-state index in [0.29, 0.717) is 11.8 Å². The Morgan fingerprint density at radius 1 is 1.12 bits per heavy atom. The summed E-state index contributed by atoms with van der Waals surface area (Å²) >= 11 is 0. The molecule has 0 saturated carbocycles. The highest BCUT2D eigenvalue weighted by Gasteiger charge is 2.33. The fourth-order valence-electron chi connectivity index (χ4n) is 2.59. The van der Waals surface area contributed by atoms with Gasteiger partial charge in [-0.05, 0) is 12.3 Å². The van der Waals surface area contributed by atoms with E-state index in [0.717, 1.165) is 6.61 Å². The highest BCUT2D eigenvalue weighted by molar-refractivity contribution is 4.75. The van der Waals surface area contributed by atoms with Crippen molar-refractivity contribution < 1.29 is 9.47 Å². The normalized spacial score (nSPS) is 29.8. The summed E-state index contributed by atoms with van der Waals surface area (Å²) in [7, 11) is 1.76. The maximum atomic E-state index is 5.60. The second-order valence-corrected chi connectivity index (χ2v) is 5.14. The number of methoxy groups -OCH3 is 1. The number of ether oxygens (including phenoxy) is 2. The molecule has 3 atom stereocenters. The van der Waals surface area contributed by atoms with Gasteiger partial charge in [-0.2, -0.15) is 0 Å². The van der Waals surface area contributed by atoms with E-state index < -0.39 is 0 Å². The maximum absolute atomic E-state index is 5.60. The third-order valence-electron chi connectivity index (χ3n) is 3.73. The molecule has 1 aliphatic heterocycles. The van der Waals surface area contributed by atoms with Gasteiger partial charge in [-0.3, -0.25) is 0 Å². The molecule has 0 N–H and O–H groups in total. The van der Waals surface area contributed by atoms with E-state index in [1.54, 1.807) is 7.11 Å². The van der Waals surface area contributed by atoms with Crippen molar-refractivity contribution in [2.45, 2.75) is 65.1 Å². The second kappa shape index (κ2) is 8.08. The number of hydrogen-bond acceptors (Lipinski definition) is 2. The minimum absolute atomic E-state index is 0.0608. The summed E-state index contributed by atoms with van der Waals surface area (Å²) < 4.78 is 11.0. The summed E-state index contributed by atoms with van der Waals surface area (Å²) in [4.78, 5) is 0. The van der Waals surface area contributed by atoms with Crippen molar-refractivity contribution in [1.29, 1.82) is 0 Å². The van der Waals surface area contributed by atoms with Crippen LogP contribution < -0.4 is 0 Å². The average Bonchev–Trinajstić information content (AvgIpc) is 2.65. The minimum Gasteiger partial charge on any atom is -0.356 e. The lowest BCUT2D eigenvalue weighted by molar-refractivity contribution is -0.111. The molecule has 0 radical (unpaired) electrons. The molecule has 1 fully saturated rings. The monoisotopic (exact) mass is 228 g/mol. The summed E-state index contributed by atoms with van der Waals surface area (Å²) in [5.41, 5.74) is 0. The Bertz CT molecular complexity index is 170. The highest BCUT2D eigenvalue weighted by atomic mass is 16.7. The van der Waals surface area contributed by atoms with E-state index >= 15 is 0 Å². The van der Waals surface area contributed by atoms with Gasteiger partial charge in [0.25, 0.3) is 0 Å². The molecule has 96 valence electrons. The molecule has 1 heterocycles. The molecule has 0 spiro atoms. The lowest BCUT2D eigenvalue weighted by Gasteiger charge is -2.19. The van der Waals surface area contributed by atoms with Gasteiger partial charge < -0.3 is 9.47 Å². The Labute approximate surface area is 101 Å². The van der Waals surface area contributed by atoms with Crippen molar-refractivity contribution in [2.24, 2.45) is 11.8 Å². The second-order valence-electron chi connectivity index (χ2n) is 5.14. The lowest BCUT2D eigenvalue weighted by Crippen LogP contribution is -2.21. The van der Waals surface area contributed by atoms with Crippen LogP contribution in [0.5, 0.6) is 0 Å². The van der Waals surface area contributed by atoms with Crippen LogP contribution in [0.3, 0.4) is 0 Å². The topological polar surface area (TPSA) is 18.5 Å². The van der Waals surface area contributed by atoms with E-state index in [9.17, 15) is 0 Å². The first kappa shape index (κ1) is 14.0. The first-order chi connectivity index (χ1) is 7.79. The largest absolute Gasteiger partial charge is 0.356 e. The summed E-state index contributed by atoms with van der Waals surface area (Å²) in [6, 6.07) is 0. The summed E-state index contributed by atoms with van der Waals surface area (Å²) in [6.07, 6.45) is 9.57. The Morgan fingerprint density at radius 3 is 2.50 bits per heavy atom. The van der Waals surface area contributed by atoms with Crippen LogP contribution in [0.2, 0.25) is 0 Å². The van der Waals surface area contributed by atoms with E-state index in [4.69, 9.17) is 9.47 Å². The molecular weight excluding hydrogens is 200 g/mol. The van der Waals surface area contributed by atoms with Crippen molar-refractivity contribution in [3.8, 4) is 0 Å². The molecule has 2 nitrogen and oxygen atoms in total. The predicted octanol–water partition coefficient (Wildman–Crippen LogP) is 3.99. The van der Waals surface area contributed by atoms with Gasteiger partial charge in [-0.15, -0.1) is 0 Å². The van der Waals surface area contributed by atoms with Crippen molar-refractivity contribution >= 4 is 0 Å². The standard InChI is InChI=1S/C14H28O2/c1-4-5-6-7-8-9-10-13-12(2)11-16-14(13)15-3/h12-14H,4-11H2,1-3H3/t12-,13+,14?/m1/s1. The van der Waals surface area contributed by atoms with Crippen LogP contribution >= 0.6 is 0 Å². The summed E-state index contributed by atoms with van der Waals surface area (Å²) in [6.45, 7) is 5.42. The minimum atomic E-state index is 0.0608. The Hall–Kier alpha value is -0.0800. The Kier molecular flexibility index (Phi) is 7.06. The third kappa shape index (κ3) is 4.42. The van der Waals surface area contributed by atoms with E-state index in [1.807, 2.05) is 0 Å². The van der Waals surface area contributed by atoms with Crippen LogP contribution in [0.15, 0.2) is 0 Å². The van der Waals surface area contributed by atoms with Gasteiger partial charge in [0.1, 0.15) is 0 Å². The van der Waals surface area contributed by atoms with Gasteiger partial charge in [-0.1, -0.05) is 52.4 Å². The molecule has 1 unspecified atom stereocenters. The molecule has 0 aromatic carbocycles. The van der Waals surface area contributed by atoms with Crippen molar-refractivity contribution in [2.75, 3.05) is 13.7 Å². The molecule has 1 rings (SSSR count). The highest BCUT2D eigenvalue weighted by Crippen LogP contribution is 2.31. The van der Waals surface area contributed by atoms with Crippen molar-refractivity contribution in [1.82, 2.24) is 0 Å². The van der Waals surface area contributed by atoms with Crippen LogP contribution in [0.25, 0.3) is 0 Å². The smallest absolute Gasteiger partial charge is 0.160 e. The lowest BCUT2D eigenvalue weighted by atomic mass is 9.91. The molecule has 0 amide bonds.